The van der Waals surface area contributed by atoms with Crippen molar-refractivity contribution >= 4 is 11.8 Å². The molecule has 4 rings (SSSR count). The lowest BCUT2D eigenvalue weighted by molar-refractivity contribution is -0.138. The summed E-state index contributed by atoms with van der Waals surface area (Å²) in [4.78, 5) is 29.7. The lowest BCUT2D eigenvalue weighted by Crippen LogP contribution is -2.46. The van der Waals surface area contributed by atoms with Gasteiger partial charge in [-0.3, -0.25) is 9.59 Å². The number of nitrogens with zero attached hydrogens (tertiary/aromatic N) is 2. The Morgan fingerprint density at radius 2 is 1.70 bits per heavy atom. The molecule has 1 fully saturated rings. The van der Waals surface area contributed by atoms with Gasteiger partial charge in [0.2, 0.25) is 5.91 Å². The molecule has 1 saturated heterocycles. The van der Waals surface area contributed by atoms with Crippen LogP contribution in [0.3, 0.4) is 0 Å². The molecular formula is C24H24F2N2O5. The minimum Gasteiger partial charge on any atom is -0.467 e. The van der Waals surface area contributed by atoms with Gasteiger partial charge < -0.3 is 23.4 Å². The molecule has 3 aromatic rings. The van der Waals surface area contributed by atoms with Crippen LogP contribution in [0.1, 0.15) is 34.7 Å². The van der Waals surface area contributed by atoms with Gasteiger partial charge >= 0.3 is 6.61 Å². The van der Waals surface area contributed by atoms with E-state index in [2.05, 4.69) is 4.74 Å². The smallest absolute Gasteiger partial charge is 0.387 e. The zero-order valence-electron chi connectivity index (χ0n) is 17.9. The van der Waals surface area contributed by atoms with E-state index in [1.807, 2.05) is 0 Å². The summed E-state index contributed by atoms with van der Waals surface area (Å²) in [6, 6.07) is 13.0. The summed E-state index contributed by atoms with van der Waals surface area (Å²) >= 11 is 0. The number of likely N-dealkylation sites (tertiary alicyclic amines) is 1. The molecule has 0 spiro atoms. The minimum atomic E-state index is -3.04. The standard InChI is InChI=1S/C24H24F2N2O5/c25-24(26)33-21-10-2-1-9-20(21)23(30)27-11-3-6-17(14-27)22(29)28(15-18-7-4-12-31-18)16-19-8-5-13-32-19/h1-2,4-5,7-10,12-13,17,24H,3,6,11,14-16H2. The number of hydrogen-bond donors (Lipinski definition) is 0. The van der Waals surface area contributed by atoms with Crippen LogP contribution in [0.2, 0.25) is 0 Å². The van der Waals surface area contributed by atoms with E-state index in [0.717, 1.165) is 0 Å². The monoisotopic (exact) mass is 458 g/mol. The number of rotatable bonds is 8. The molecule has 0 aliphatic carbocycles. The molecule has 0 radical (unpaired) electrons. The number of alkyl halides is 2. The lowest BCUT2D eigenvalue weighted by atomic mass is 9.95. The summed E-state index contributed by atoms with van der Waals surface area (Å²) in [5.74, 6) is 0.0947. The maximum atomic E-state index is 13.4. The first-order chi connectivity index (χ1) is 16.0. The first-order valence-electron chi connectivity index (χ1n) is 10.7. The van der Waals surface area contributed by atoms with Crippen LogP contribution in [0.5, 0.6) is 5.75 Å². The zero-order chi connectivity index (χ0) is 23.2. The first kappa shape index (κ1) is 22.6. The van der Waals surface area contributed by atoms with E-state index in [1.165, 1.54) is 23.1 Å². The third-order valence-electron chi connectivity index (χ3n) is 5.56. The van der Waals surface area contributed by atoms with Crippen LogP contribution in [-0.2, 0) is 17.9 Å². The molecule has 1 aromatic carbocycles. The van der Waals surface area contributed by atoms with Gasteiger partial charge in [0.25, 0.3) is 5.91 Å². The van der Waals surface area contributed by atoms with Crippen molar-refractivity contribution in [3.63, 3.8) is 0 Å². The second-order valence-electron chi connectivity index (χ2n) is 7.82. The Morgan fingerprint density at radius 3 is 2.30 bits per heavy atom. The van der Waals surface area contributed by atoms with Gasteiger partial charge in [-0.2, -0.15) is 8.78 Å². The highest BCUT2D eigenvalue weighted by Gasteiger charge is 2.33. The van der Waals surface area contributed by atoms with Crippen molar-refractivity contribution in [3.8, 4) is 5.75 Å². The second-order valence-corrected chi connectivity index (χ2v) is 7.82. The first-order valence-corrected chi connectivity index (χ1v) is 10.7. The fourth-order valence-corrected chi connectivity index (χ4v) is 4.03. The number of piperidine rings is 1. The van der Waals surface area contributed by atoms with Gasteiger partial charge in [0.1, 0.15) is 17.3 Å². The van der Waals surface area contributed by atoms with Crippen LogP contribution in [0.25, 0.3) is 0 Å². The van der Waals surface area contributed by atoms with Crippen LogP contribution in [0, 0.1) is 5.92 Å². The van der Waals surface area contributed by atoms with E-state index in [0.29, 0.717) is 30.9 Å². The van der Waals surface area contributed by atoms with Crippen molar-refractivity contribution < 1.29 is 31.9 Å². The number of carbonyl (C=O) groups excluding carboxylic acids is 2. The molecule has 3 heterocycles. The molecule has 2 aromatic heterocycles. The number of benzene rings is 1. The Labute approximate surface area is 189 Å². The average Bonchev–Trinajstić information content (AvgIpc) is 3.52. The molecule has 1 unspecified atom stereocenters. The Kier molecular flexibility index (Phi) is 7.07. The molecular weight excluding hydrogens is 434 g/mol. The van der Waals surface area contributed by atoms with Crippen LogP contribution in [0.15, 0.2) is 69.9 Å². The van der Waals surface area contributed by atoms with Crippen LogP contribution >= 0.6 is 0 Å². The number of ether oxygens (including phenoxy) is 1. The highest BCUT2D eigenvalue weighted by atomic mass is 19.3. The maximum absolute atomic E-state index is 13.4. The van der Waals surface area contributed by atoms with Gasteiger partial charge in [-0.1, -0.05) is 12.1 Å². The number of furan rings is 2. The number of amides is 2. The molecule has 33 heavy (non-hydrogen) atoms. The third kappa shape index (κ3) is 5.60. The van der Waals surface area contributed by atoms with Crippen molar-refractivity contribution in [2.24, 2.45) is 5.92 Å². The predicted molar refractivity (Wildman–Crippen MR) is 113 cm³/mol. The van der Waals surface area contributed by atoms with E-state index in [4.69, 9.17) is 8.83 Å². The average molecular weight is 458 g/mol. The largest absolute Gasteiger partial charge is 0.467 e. The molecule has 1 aliphatic rings. The molecule has 174 valence electrons. The number of carbonyl (C=O) groups is 2. The van der Waals surface area contributed by atoms with Crippen LogP contribution in [0.4, 0.5) is 8.78 Å². The Balaban J connectivity index is 1.49. The summed E-state index contributed by atoms with van der Waals surface area (Å²) in [6.07, 6.45) is 4.33. The quantitative estimate of drug-likeness (QED) is 0.495. The van der Waals surface area contributed by atoms with Crippen molar-refractivity contribution in [3.05, 3.63) is 78.1 Å². The van der Waals surface area contributed by atoms with Crippen molar-refractivity contribution in [2.45, 2.75) is 32.5 Å². The second kappa shape index (κ2) is 10.3. The zero-order valence-corrected chi connectivity index (χ0v) is 17.9. The molecule has 0 bridgehead atoms. The normalized spacial score (nSPS) is 16.1. The van der Waals surface area contributed by atoms with Gasteiger partial charge in [0, 0.05) is 13.1 Å². The van der Waals surface area contributed by atoms with E-state index in [-0.39, 0.29) is 36.9 Å². The fraction of sp³-hybridized carbons (Fsp3) is 0.333. The highest BCUT2D eigenvalue weighted by Crippen LogP contribution is 2.26. The van der Waals surface area contributed by atoms with Gasteiger partial charge in [-0.25, -0.2) is 0 Å². The third-order valence-corrected chi connectivity index (χ3v) is 5.56. The predicted octanol–water partition coefficient (Wildman–Crippen LogP) is 4.56. The topological polar surface area (TPSA) is 76.1 Å². The van der Waals surface area contributed by atoms with E-state index in [9.17, 15) is 18.4 Å². The van der Waals surface area contributed by atoms with Gasteiger partial charge in [-0.15, -0.1) is 0 Å². The lowest BCUT2D eigenvalue weighted by Gasteiger charge is -2.35. The highest BCUT2D eigenvalue weighted by molar-refractivity contribution is 5.97. The van der Waals surface area contributed by atoms with Crippen LogP contribution < -0.4 is 4.74 Å². The molecule has 1 aliphatic heterocycles. The van der Waals surface area contributed by atoms with Crippen molar-refractivity contribution in [1.82, 2.24) is 9.80 Å². The summed E-state index contributed by atoms with van der Waals surface area (Å²) in [5.41, 5.74) is 0.0499. The summed E-state index contributed by atoms with van der Waals surface area (Å²) < 4.78 is 40.9. The molecule has 2 amide bonds. The molecule has 0 saturated carbocycles. The SMILES string of the molecule is O=C(c1ccccc1OC(F)F)N1CCCC(C(=O)N(Cc2ccco2)Cc2ccco2)C1. The van der Waals surface area contributed by atoms with E-state index in [1.54, 1.807) is 47.8 Å². The Hall–Kier alpha value is -3.62. The van der Waals surface area contributed by atoms with E-state index < -0.39 is 18.4 Å². The molecule has 1 atom stereocenters. The molecule has 7 nitrogen and oxygen atoms in total. The summed E-state index contributed by atoms with van der Waals surface area (Å²) in [6.45, 7) is -1.88. The Morgan fingerprint density at radius 1 is 1.03 bits per heavy atom. The maximum Gasteiger partial charge on any atom is 0.387 e. The van der Waals surface area contributed by atoms with Crippen LogP contribution in [-0.4, -0.2) is 41.3 Å². The molecule has 9 heteroatoms. The number of para-hydroxylation sites is 1. The summed E-state index contributed by atoms with van der Waals surface area (Å²) in [5, 5.41) is 0. The Bertz CT molecular complexity index is 1020. The van der Waals surface area contributed by atoms with Crippen molar-refractivity contribution in [2.75, 3.05) is 13.1 Å². The fourth-order valence-electron chi connectivity index (χ4n) is 4.03. The minimum absolute atomic E-state index is 0.0499. The number of halogens is 2. The molecule has 0 N–H and O–H groups in total. The van der Waals surface area contributed by atoms with Gasteiger partial charge in [0.15, 0.2) is 0 Å². The van der Waals surface area contributed by atoms with Gasteiger partial charge in [-0.05, 0) is 49.2 Å². The summed E-state index contributed by atoms with van der Waals surface area (Å²) in [7, 11) is 0. The van der Waals surface area contributed by atoms with E-state index >= 15 is 0 Å². The number of hydrogen-bond acceptors (Lipinski definition) is 5. The van der Waals surface area contributed by atoms with Crippen molar-refractivity contribution in [1.29, 1.82) is 0 Å². The van der Waals surface area contributed by atoms with Gasteiger partial charge in [0.05, 0.1) is 37.1 Å².